The van der Waals surface area contributed by atoms with E-state index in [1.807, 2.05) is 29.3 Å². The second-order valence-corrected chi connectivity index (χ2v) is 7.84. The highest BCUT2D eigenvalue weighted by atomic mass is 32.1. The van der Waals surface area contributed by atoms with Gasteiger partial charge in [0.25, 0.3) is 0 Å². The van der Waals surface area contributed by atoms with E-state index in [4.69, 9.17) is 9.47 Å². The minimum atomic E-state index is 0.265. The van der Waals surface area contributed by atoms with Crippen LogP contribution in [0.4, 0.5) is 0 Å². The summed E-state index contributed by atoms with van der Waals surface area (Å²) in [5.74, 6) is 0. The average molecular weight is 350 g/mol. The molecule has 2 aromatic rings. The van der Waals surface area contributed by atoms with Crippen molar-refractivity contribution in [1.82, 2.24) is 14.7 Å². The first kappa shape index (κ1) is 17.6. The molecular weight excluding hydrogens is 322 g/mol. The molecule has 0 aliphatic carbocycles. The molecule has 1 saturated heterocycles. The lowest BCUT2D eigenvalue weighted by molar-refractivity contribution is -0.00121. The fraction of sp³-hybridized carbons (Fsp3) is 0.611. The van der Waals surface area contributed by atoms with E-state index in [0.29, 0.717) is 19.3 Å². The standard InChI is InChI=1S/C18H27N3O2S/c1-14-4-5-16(24-14)13-21-7-6-18(23-9-8-22-3)17(21)10-15-11-19-20(2)12-15/h4-5,11-12,17-18H,6-10,13H2,1-3H3/t17-,18+/m0/s1. The SMILES string of the molecule is COCCO[C@@H]1CCN(Cc2ccc(C)s2)[C@H]1Cc1cnn(C)c1. The predicted octanol–water partition coefficient (Wildman–Crippen LogP) is 2.64. The normalized spacial score (nSPS) is 21.6. The smallest absolute Gasteiger partial charge is 0.0746 e. The molecule has 0 spiro atoms. The molecule has 24 heavy (non-hydrogen) atoms. The van der Waals surface area contributed by atoms with Crippen LogP contribution in [-0.2, 0) is 29.5 Å². The van der Waals surface area contributed by atoms with Crippen molar-refractivity contribution in [3.05, 3.63) is 39.8 Å². The third kappa shape index (κ3) is 4.45. The van der Waals surface area contributed by atoms with E-state index in [9.17, 15) is 0 Å². The largest absolute Gasteiger partial charge is 0.382 e. The number of methoxy groups -OCH3 is 1. The number of hydrogen-bond donors (Lipinski definition) is 0. The molecule has 0 aromatic carbocycles. The molecule has 132 valence electrons. The number of likely N-dealkylation sites (tertiary alicyclic amines) is 1. The molecule has 1 aliphatic heterocycles. The van der Waals surface area contributed by atoms with Gasteiger partial charge < -0.3 is 9.47 Å². The molecule has 0 unspecified atom stereocenters. The second kappa shape index (κ2) is 8.25. The van der Waals surface area contributed by atoms with Crippen molar-refractivity contribution < 1.29 is 9.47 Å². The van der Waals surface area contributed by atoms with E-state index >= 15 is 0 Å². The van der Waals surface area contributed by atoms with Gasteiger partial charge in [-0.3, -0.25) is 9.58 Å². The van der Waals surface area contributed by atoms with E-state index in [2.05, 4.69) is 35.3 Å². The number of nitrogens with zero attached hydrogens (tertiary/aromatic N) is 3. The molecule has 2 atom stereocenters. The van der Waals surface area contributed by atoms with Crippen molar-refractivity contribution in [3.8, 4) is 0 Å². The number of hydrogen-bond acceptors (Lipinski definition) is 5. The number of aromatic nitrogens is 2. The molecule has 3 rings (SSSR count). The minimum absolute atomic E-state index is 0.265. The van der Waals surface area contributed by atoms with Crippen LogP contribution in [0.2, 0.25) is 0 Å². The highest BCUT2D eigenvalue weighted by Crippen LogP contribution is 2.28. The molecule has 0 saturated carbocycles. The van der Waals surface area contributed by atoms with Gasteiger partial charge in [-0.2, -0.15) is 5.10 Å². The Morgan fingerprint density at radius 3 is 2.88 bits per heavy atom. The summed E-state index contributed by atoms with van der Waals surface area (Å²) < 4.78 is 13.1. The topological polar surface area (TPSA) is 39.5 Å². The number of rotatable bonds is 8. The van der Waals surface area contributed by atoms with Gasteiger partial charge in [-0.25, -0.2) is 0 Å². The summed E-state index contributed by atoms with van der Waals surface area (Å²) >= 11 is 1.89. The zero-order chi connectivity index (χ0) is 16.9. The van der Waals surface area contributed by atoms with Gasteiger partial charge in [0.2, 0.25) is 0 Å². The molecule has 0 bridgehead atoms. The summed E-state index contributed by atoms with van der Waals surface area (Å²) in [7, 11) is 3.69. The molecule has 0 amide bonds. The summed E-state index contributed by atoms with van der Waals surface area (Å²) in [5.41, 5.74) is 1.28. The van der Waals surface area contributed by atoms with Crippen LogP contribution in [0.1, 0.15) is 21.7 Å². The molecule has 3 heterocycles. The second-order valence-electron chi connectivity index (χ2n) is 6.47. The molecule has 1 fully saturated rings. The summed E-state index contributed by atoms with van der Waals surface area (Å²) in [4.78, 5) is 5.37. The maximum absolute atomic E-state index is 6.12. The quantitative estimate of drug-likeness (QED) is 0.687. The van der Waals surface area contributed by atoms with Crippen LogP contribution in [0, 0.1) is 6.92 Å². The highest BCUT2D eigenvalue weighted by molar-refractivity contribution is 7.11. The molecule has 0 N–H and O–H groups in total. The van der Waals surface area contributed by atoms with Gasteiger partial charge in [-0.1, -0.05) is 0 Å². The first-order chi connectivity index (χ1) is 11.7. The number of thiophene rings is 1. The third-order valence-corrected chi connectivity index (χ3v) is 5.56. The van der Waals surface area contributed by atoms with Crippen LogP contribution in [-0.4, -0.2) is 53.7 Å². The summed E-state index contributed by atoms with van der Waals surface area (Å²) in [6, 6.07) is 4.85. The Labute approximate surface area is 148 Å². The maximum Gasteiger partial charge on any atom is 0.0746 e. The van der Waals surface area contributed by atoms with Gasteiger partial charge in [0.05, 0.1) is 25.5 Å². The first-order valence-corrected chi connectivity index (χ1v) is 9.35. The van der Waals surface area contributed by atoms with Crippen molar-refractivity contribution in [2.45, 2.75) is 38.5 Å². The fourth-order valence-corrected chi connectivity index (χ4v) is 4.33. The molecule has 2 aromatic heterocycles. The third-order valence-electron chi connectivity index (χ3n) is 4.58. The first-order valence-electron chi connectivity index (χ1n) is 8.53. The van der Waals surface area contributed by atoms with E-state index in [1.54, 1.807) is 7.11 Å². The maximum atomic E-state index is 6.12. The highest BCUT2D eigenvalue weighted by Gasteiger charge is 2.35. The van der Waals surface area contributed by atoms with Crippen LogP contribution in [0.3, 0.4) is 0 Å². The lowest BCUT2D eigenvalue weighted by Crippen LogP contribution is -2.38. The van der Waals surface area contributed by atoms with Crippen molar-refractivity contribution in [2.24, 2.45) is 7.05 Å². The Bertz CT molecular complexity index is 640. The minimum Gasteiger partial charge on any atom is -0.382 e. The van der Waals surface area contributed by atoms with Crippen molar-refractivity contribution in [3.63, 3.8) is 0 Å². The van der Waals surface area contributed by atoms with Crippen molar-refractivity contribution in [2.75, 3.05) is 26.9 Å². The summed E-state index contributed by atoms with van der Waals surface area (Å²) in [6.45, 7) is 5.58. The Morgan fingerprint density at radius 2 is 2.21 bits per heavy atom. The Kier molecular flexibility index (Phi) is 6.05. The number of ether oxygens (including phenoxy) is 2. The van der Waals surface area contributed by atoms with Crippen molar-refractivity contribution >= 4 is 11.3 Å². The summed E-state index contributed by atoms with van der Waals surface area (Å²) in [6.07, 6.45) is 6.41. The Morgan fingerprint density at radius 1 is 1.33 bits per heavy atom. The van der Waals surface area contributed by atoms with Crippen molar-refractivity contribution in [1.29, 1.82) is 0 Å². The van der Waals surface area contributed by atoms with Gasteiger partial charge in [0, 0.05) is 49.2 Å². The van der Waals surface area contributed by atoms with E-state index in [0.717, 1.165) is 25.9 Å². The van der Waals surface area contributed by atoms with E-state index in [-0.39, 0.29) is 6.10 Å². The van der Waals surface area contributed by atoms with E-state index < -0.39 is 0 Å². The van der Waals surface area contributed by atoms with Gasteiger partial charge >= 0.3 is 0 Å². The van der Waals surface area contributed by atoms with Gasteiger partial charge in [0.15, 0.2) is 0 Å². The average Bonchev–Trinajstić information content (AvgIpc) is 3.24. The van der Waals surface area contributed by atoms with Crippen LogP contribution in [0.25, 0.3) is 0 Å². The van der Waals surface area contributed by atoms with Crippen LogP contribution >= 0.6 is 11.3 Å². The Hall–Kier alpha value is -1.21. The van der Waals surface area contributed by atoms with Crippen LogP contribution in [0.15, 0.2) is 24.5 Å². The van der Waals surface area contributed by atoms with Crippen LogP contribution < -0.4 is 0 Å². The van der Waals surface area contributed by atoms with Gasteiger partial charge in [-0.05, 0) is 37.5 Å². The molecule has 1 aliphatic rings. The molecule has 5 nitrogen and oxygen atoms in total. The van der Waals surface area contributed by atoms with Crippen LogP contribution in [0.5, 0.6) is 0 Å². The van der Waals surface area contributed by atoms with Gasteiger partial charge in [-0.15, -0.1) is 11.3 Å². The zero-order valence-corrected chi connectivity index (χ0v) is 15.6. The molecule has 6 heteroatoms. The molecular formula is C18H27N3O2S. The lowest BCUT2D eigenvalue weighted by atomic mass is 10.0. The van der Waals surface area contributed by atoms with E-state index in [1.165, 1.54) is 15.3 Å². The van der Waals surface area contributed by atoms with Gasteiger partial charge in [0.1, 0.15) is 0 Å². The molecule has 0 radical (unpaired) electrons. The predicted molar refractivity (Wildman–Crippen MR) is 96.4 cm³/mol. The Balaban J connectivity index is 1.68. The monoisotopic (exact) mass is 349 g/mol. The fourth-order valence-electron chi connectivity index (χ4n) is 3.41. The summed E-state index contributed by atoms with van der Waals surface area (Å²) in [5, 5.41) is 4.31. The zero-order valence-electron chi connectivity index (χ0n) is 14.8. The number of aryl methyl sites for hydroxylation is 2. The lowest BCUT2D eigenvalue weighted by Gasteiger charge is -2.27.